The molecule has 1 saturated heterocycles. The summed E-state index contributed by atoms with van der Waals surface area (Å²) in [6, 6.07) is 3.60. The second-order valence-corrected chi connectivity index (χ2v) is 4.63. The van der Waals surface area contributed by atoms with Crippen LogP contribution in [-0.4, -0.2) is 42.0 Å². The van der Waals surface area contributed by atoms with Crippen LogP contribution in [-0.2, 0) is 0 Å². The molecule has 0 atom stereocenters. The number of pyridine rings is 1. The first kappa shape index (κ1) is 12.8. The molecule has 2 heterocycles. The summed E-state index contributed by atoms with van der Waals surface area (Å²) in [7, 11) is 2.09. The number of hydrogen-bond acceptors (Lipinski definition) is 5. The van der Waals surface area contributed by atoms with Gasteiger partial charge in [0.15, 0.2) is 0 Å². The van der Waals surface area contributed by atoms with Crippen molar-refractivity contribution in [2.75, 3.05) is 25.6 Å². The van der Waals surface area contributed by atoms with Crippen LogP contribution in [0.1, 0.15) is 23.3 Å². The zero-order chi connectivity index (χ0) is 13.0. The Morgan fingerprint density at radius 1 is 1.50 bits per heavy atom. The summed E-state index contributed by atoms with van der Waals surface area (Å²) in [5, 5.41) is 3.01. The largest absolute Gasteiger partial charge is 0.348 e. The van der Waals surface area contributed by atoms with Gasteiger partial charge >= 0.3 is 0 Å². The molecule has 1 aromatic heterocycles. The quantitative estimate of drug-likeness (QED) is 0.526. The maximum Gasteiger partial charge on any atom is 0.270 e. The van der Waals surface area contributed by atoms with E-state index in [0.717, 1.165) is 25.9 Å². The smallest absolute Gasteiger partial charge is 0.270 e. The van der Waals surface area contributed by atoms with Crippen molar-refractivity contribution in [1.82, 2.24) is 15.2 Å². The molecule has 1 aliphatic heterocycles. The molecule has 0 saturated carbocycles. The highest BCUT2D eigenvalue weighted by Gasteiger charge is 2.19. The number of amides is 1. The van der Waals surface area contributed by atoms with Crippen LogP contribution < -0.4 is 16.6 Å². The van der Waals surface area contributed by atoms with Gasteiger partial charge in [-0.05, 0) is 45.1 Å². The molecule has 0 spiro atoms. The zero-order valence-electron chi connectivity index (χ0n) is 10.5. The third-order valence-electron chi connectivity index (χ3n) is 3.21. The third kappa shape index (κ3) is 3.18. The van der Waals surface area contributed by atoms with Gasteiger partial charge in [-0.3, -0.25) is 15.6 Å². The first-order valence-corrected chi connectivity index (χ1v) is 6.11. The lowest BCUT2D eigenvalue weighted by Gasteiger charge is -2.29. The third-order valence-corrected chi connectivity index (χ3v) is 3.21. The molecule has 0 aromatic carbocycles. The minimum atomic E-state index is -0.137. The zero-order valence-corrected chi connectivity index (χ0v) is 10.5. The lowest BCUT2D eigenvalue weighted by molar-refractivity contribution is 0.0912. The van der Waals surface area contributed by atoms with E-state index in [-0.39, 0.29) is 11.9 Å². The molecular weight excluding hydrogens is 230 g/mol. The van der Waals surface area contributed by atoms with Crippen molar-refractivity contribution in [1.29, 1.82) is 0 Å². The molecule has 18 heavy (non-hydrogen) atoms. The first-order valence-electron chi connectivity index (χ1n) is 6.11. The number of hydrogen-bond donors (Lipinski definition) is 3. The van der Waals surface area contributed by atoms with E-state index in [0.29, 0.717) is 11.4 Å². The van der Waals surface area contributed by atoms with Crippen molar-refractivity contribution in [3.63, 3.8) is 0 Å². The molecule has 1 aromatic rings. The molecule has 4 N–H and O–H groups in total. The number of nitrogens with zero attached hydrogens (tertiary/aromatic N) is 2. The van der Waals surface area contributed by atoms with Crippen LogP contribution in [0.4, 0.5) is 5.69 Å². The average Bonchev–Trinajstić information content (AvgIpc) is 2.41. The van der Waals surface area contributed by atoms with Gasteiger partial charge in [0.1, 0.15) is 5.69 Å². The summed E-state index contributed by atoms with van der Waals surface area (Å²) >= 11 is 0. The van der Waals surface area contributed by atoms with Crippen LogP contribution in [0.2, 0.25) is 0 Å². The molecule has 0 radical (unpaired) electrons. The summed E-state index contributed by atoms with van der Waals surface area (Å²) in [5.74, 6) is 5.17. The number of carbonyl (C=O) groups is 1. The highest BCUT2D eigenvalue weighted by atomic mass is 16.1. The Kier molecular flexibility index (Phi) is 4.11. The average molecular weight is 249 g/mol. The number of nitrogens with one attached hydrogen (secondary N) is 2. The number of anilines is 1. The van der Waals surface area contributed by atoms with Gasteiger partial charge in [0, 0.05) is 12.2 Å². The molecule has 0 aliphatic carbocycles. The van der Waals surface area contributed by atoms with E-state index in [1.165, 1.54) is 0 Å². The van der Waals surface area contributed by atoms with Gasteiger partial charge in [-0.1, -0.05) is 0 Å². The van der Waals surface area contributed by atoms with Crippen molar-refractivity contribution in [3.05, 3.63) is 24.0 Å². The van der Waals surface area contributed by atoms with E-state index in [9.17, 15) is 4.79 Å². The fraction of sp³-hybridized carbons (Fsp3) is 0.500. The van der Waals surface area contributed by atoms with Crippen LogP contribution >= 0.6 is 0 Å². The van der Waals surface area contributed by atoms with Gasteiger partial charge in [-0.2, -0.15) is 0 Å². The fourth-order valence-corrected chi connectivity index (χ4v) is 2.06. The molecule has 1 aliphatic rings. The van der Waals surface area contributed by atoms with E-state index in [4.69, 9.17) is 5.84 Å². The number of rotatable bonds is 3. The molecular formula is C12H19N5O. The van der Waals surface area contributed by atoms with Crippen LogP contribution in [0.15, 0.2) is 18.3 Å². The van der Waals surface area contributed by atoms with Gasteiger partial charge < -0.3 is 15.6 Å². The molecule has 98 valence electrons. The summed E-state index contributed by atoms with van der Waals surface area (Å²) < 4.78 is 0. The van der Waals surface area contributed by atoms with E-state index in [2.05, 4.69) is 27.7 Å². The Balaban J connectivity index is 1.94. The standard InChI is InChI=1S/C12H19N5O/c1-17-6-3-9(4-7-17)15-12(18)11-8-10(16-13)2-5-14-11/h2,5,8-9H,3-4,6-7,13H2,1H3,(H,14,16)(H,15,18). The Morgan fingerprint density at radius 3 is 2.89 bits per heavy atom. The van der Waals surface area contributed by atoms with Gasteiger partial charge in [-0.25, -0.2) is 0 Å². The second-order valence-electron chi connectivity index (χ2n) is 4.63. The summed E-state index contributed by atoms with van der Waals surface area (Å²) in [4.78, 5) is 18.3. The number of piperidine rings is 1. The Hall–Kier alpha value is -1.66. The molecule has 1 amide bonds. The normalized spacial score (nSPS) is 17.4. The van der Waals surface area contributed by atoms with Gasteiger partial charge in [0.25, 0.3) is 5.91 Å². The van der Waals surface area contributed by atoms with Gasteiger partial charge in [-0.15, -0.1) is 0 Å². The maximum absolute atomic E-state index is 12.0. The van der Waals surface area contributed by atoms with Crippen molar-refractivity contribution < 1.29 is 4.79 Å². The molecule has 1 fully saturated rings. The Bertz CT molecular complexity index is 415. The van der Waals surface area contributed by atoms with E-state index >= 15 is 0 Å². The summed E-state index contributed by atoms with van der Waals surface area (Å²) in [6.45, 7) is 2.03. The SMILES string of the molecule is CN1CCC(NC(=O)c2cc(NN)ccn2)CC1. The molecule has 6 heteroatoms. The molecule has 0 bridgehead atoms. The van der Waals surface area contributed by atoms with Crippen molar-refractivity contribution >= 4 is 11.6 Å². The van der Waals surface area contributed by atoms with Crippen molar-refractivity contribution in [3.8, 4) is 0 Å². The van der Waals surface area contributed by atoms with E-state index in [1.54, 1.807) is 18.3 Å². The lowest BCUT2D eigenvalue weighted by Crippen LogP contribution is -2.43. The molecule has 2 rings (SSSR count). The number of likely N-dealkylation sites (tertiary alicyclic amines) is 1. The predicted molar refractivity (Wildman–Crippen MR) is 70.0 cm³/mol. The Labute approximate surface area is 107 Å². The number of hydrazine groups is 1. The van der Waals surface area contributed by atoms with Crippen LogP contribution in [0, 0.1) is 0 Å². The predicted octanol–water partition coefficient (Wildman–Crippen LogP) is 0.191. The van der Waals surface area contributed by atoms with Crippen LogP contribution in [0.3, 0.4) is 0 Å². The highest BCUT2D eigenvalue weighted by molar-refractivity contribution is 5.93. The molecule has 6 nitrogen and oxygen atoms in total. The summed E-state index contributed by atoms with van der Waals surface area (Å²) in [6.07, 6.45) is 3.53. The van der Waals surface area contributed by atoms with Crippen LogP contribution in [0.5, 0.6) is 0 Å². The van der Waals surface area contributed by atoms with Crippen LogP contribution in [0.25, 0.3) is 0 Å². The Morgan fingerprint density at radius 2 is 2.22 bits per heavy atom. The second kappa shape index (κ2) is 5.79. The summed E-state index contributed by atoms with van der Waals surface area (Å²) in [5.41, 5.74) is 3.58. The topological polar surface area (TPSA) is 83.3 Å². The van der Waals surface area contributed by atoms with E-state index < -0.39 is 0 Å². The van der Waals surface area contributed by atoms with E-state index in [1.807, 2.05) is 0 Å². The lowest BCUT2D eigenvalue weighted by atomic mass is 10.1. The van der Waals surface area contributed by atoms with Gasteiger partial charge in [0.05, 0.1) is 5.69 Å². The minimum absolute atomic E-state index is 0.137. The molecule has 0 unspecified atom stereocenters. The monoisotopic (exact) mass is 249 g/mol. The van der Waals surface area contributed by atoms with Crippen molar-refractivity contribution in [2.24, 2.45) is 5.84 Å². The minimum Gasteiger partial charge on any atom is -0.348 e. The van der Waals surface area contributed by atoms with Gasteiger partial charge in [0.2, 0.25) is 0 Å². The number of aromatic nitrogens is 1. The van der Waals surface area contributed by atoms with Crippen molar-refractivity contribution in [2.45, 2.75) is 18.9 Å². The number of nitrogens with two attached hydrogens (primary N) is 1. The first-order chi connectivity index (χ1) is 8.69. The number of nitrogen functional groups attached to an aromatic ring is 1. The highest BCUT2D eigenvalue weighted by Crippen LogP contribution is 2.10. The fourth-order valence-electron chi connectivity index (χ4n) is 2.06. The number of carbonyl (C=O) groups excluding carboxylic acids is 1. The maximum atomic E-state index is 12.0.